The van der Waals surface area contributed by atoms with Crippen LogP contribution >= 0.6 is 76.5 Å². The number of nitrogens with one attached hydrogen (secondary N) is 8. The first-order valence-corrected chi connectivity index (χ1v) is 50.0. The summed E-state index contributed by atoms with van der Waals surface area (Å²) in [6, 6.07) is 0. The molecule has 45 heteroatoms. The SMILES string of the molecule is CC[C@H]1O[C@@H](n2cc(C#CCN)c3c(=O)[nH]c(N)nc32)C[C@H]1OCSSC.CC[C@H]1O[C@@H](n2cc(C#CCNC(C)=O)c3c(=O)[nH]c(NC(C)=O)nc32)C[C@H]1OCSSC.CC[C@H]1O[C@@H](n2cc(C#CCNC(C)=O)c3c(OC)nc(NC(C)=O)nc32)C[C@H]1OCSC.CC[C@H]1O[C@@H](n2cc(C#CCNC(C)=O)c3c(OC)nc(NC(C)=O)nc32)C[C@H]1OCSSC. The smallest absolute Gasteiger partial charge is 0.263 e. The number of aromatic nitrogens is 12. The Balaban J connectivity index is 0.000000192. The van der Waals surface area contributed by atoms with Crippen molar-refractivity contribution in [3.63, 3.8) is 0 Å². The van der Waals surface area contributed by atoms with Crippen molar-refractivity contribution in [3.05, 3.63) is 67.7 Å². The Kier molecular flexibility index (Phi) is 40.4. The second-order valence-corrected chi connectivity index (χ2v) is 36.6. The quantitative estimate of drug-likeness (QED) is 0.00837. The third-order valence-corrected chi connectivity index (χ3v) is 24.3. The molecule has 0 aliphatic carbocycles. The van der Waals surface area contributed by atoms with Gasteiger partial charge in [0.1, 0.15) is 42.7 Å². The number of hydrogen-bond acceptors (Lipinski definition) is 33. The molecule has 12 heterocycles. The molecule has 0 radical (unpaired) electrons. The first kappa shape index (κ1) is 101. The molecule has 12 rings (SSSR count). The number of ether oxygens (including phenoxy) is 10. The highest BCUT2D eigenvalue weighted by Gasteiger charge is 2.42. The number of methoxy groups -OCH3 is 2. The van der Waals surface area contributed by atoms with Gasteiger partial charge in [0, 0.05) is 92.0 Å². The van der Waals surface area contributed by atoms with Crippen LogP contribution < -0.4 is 64.0 Å². The van der Waals surface area contributed by atoms with E-state index in [2.05, 4.69) is 140 Å². The minimum Gasteiger partial charge on any atom is -0.480 e. The number of carbonyl (C=O) groups is 6. The van der Waals surface area contributed by atoms with Gasteiger partial charge in [0.25, 0.3) is 11.1 Å². The van der Waals surface area contributed by atoms with E-state index in [0.29, 0.717) is 116 Å². The Hall–Kier alpha value is -9.37. The summed E-state index contributed by atoms with van der Waals surface area (Å²) >= 11 is 1.62. The molecule has 8 aromatic rings. The molecule has 686 valence electrons. The molecule has 6 amide bonds. The lowest BCUT2D eigenvalue weighted by atomic mass is 10.1. The van der Waals surface area contributed by atoms with Gasteiger partial charge < -0.3 is 93.1 Å². The summed E-state index contributed by atoms with van der Waals surface area (Å²) in [6.07, 6.45) is 19.1. The molecule has 4 saturated heterocycles. The topological polar surface area (TPSA) is 482 Å². The van der Waals surface area contributed by atoms with Gasteiger partial charge in [0.2, 0.25) is 71.0 Å². The van der Waals surface area contributed by atoms with Gasteiger partial charge in [-0.15, -0.1) is 11.8 Å². The maximum Gasteiger partial charge on any atom is 0.263 e. The summed E-state index contributed by atoms with van der Waals surface area (Å²) in [4.78, 5) is 125. The minimum absolute atomic E-state index is 0.0185. The summed E-state index contributed by atoms with van der Waals surface area (Å²) in [5, 5.41) is 17.5. The number of hydrogen-bond donors (Lipinski definition) is 10. The summed E-state index contributed by atoms with van der Waals surface area (Å²) in [5.41, 5.74) is 14.6. The normalized spacial score (nSPS) is 20.2. The second-order valence-electron chi connectivity index (χ2n) is 28.3. The van der Waals surface area contributed by atoms with E-state index in [0.717, 1.165) is 25.7 Å². The van der Waals surface area contributed by atoms with Crippen LogP contribution in [0.25, 0.3) is 44.1 Å². The number of rotatable bonds is 31. The Morgan fingerprint density at radius 3 is 1.06 bits per heavy atom. The van der Waals surface area contributed by atoms with Gasteiger partial charge in [-0.3, -0.25) is 64.3 Å². The van der Waals surface area contributed by atoms with Crippen molar-refractivity contribution in [2.45, 2.75) is 194 Å². The molecule has 0 aromatic carbocycles. The zero-order chi connectivity index (χ0) is 92.0. The largest absolute Gasteiger partial charge is 0.480 e. The number of thioether (sulfide) groups is 1. The van der Waals surface area contributed by atoms with Crippen LogP contribution in [-0.2, 0) is 66.7 Å². The van der Waals surface area contributed by atoms with E-state index in [1.54, 1.807) is 93.5 Å². The molecule has 0 saturated carbocycles. The molecule has 4 aliphatic rings. The summed E-state index contributed by atoms with van der Waals surface area (Å²) < 4.78 is 67.5. The first-order valence-electron chi connectivity index (χ1n) is 40.4. The number of nitrogens with zero attached hydrogens (tertiary/aromatic N) is 10. The van der Waals surface area contributed by atoms with Crippen molar-refractivity contribution >= 4 is 180 Å². The highest BCUT2D eigenvalue weighted by atomic mass is 33.1. The van der Waals surface area contributed by atoms with Gasteiger partial charge >= 0.3 is 0 Å². The zero-order valence-corrected chi connectivity index (χ0v) is 79.1. The van der Waals surface area contributed by atoms with Crippen molar-refractivity contribution in [1.29, 1.82) is 0 Å². The molecule has 4 aliphatic heterocycles. The Morgan fingerprint density at radius 1 is 0.441 bits per heavy atom. The number of carbonyl (C=O) groups excluding carboxylic acids is 6. The molecule has 38 nitrogen and oxygen atoms in total. The third-order valence-electron chi connectivity index (χ3n) is 19.5. The third kappa shape index (κ3) is 27.8. The van der Waals surface area contributed by atoms with Crippen LogP contribution in [-0.4, -0.2) is 232 Å². The fraction of sp³-hybridized carbons (Fsp3) is 0.537. The monoisotopic (exact) mass is 1880 g/mol. The Bertz CT molecular complexity index is 5560. The lowest BCUT2D eigenvalue weighted by Gasteiger charge is -2.16. The Morgan fingerprint density at radius 2 is 0.756 bits per heavy atom. The number of anilines is 4. The molecular formula is C82H108N20O18S7. The summed E-state index contributed by atoms with van der Waals surface area (Å²) in [5.74, 6) is 25.3. The standard InChI is InChI=1S/C22H29N5O5S2.C22H29N5O5S.C21H27N5O5S2.C17H23N5O3S2/c1-6-16-17(31-12-34-33-5)10-18(32-16)27-11-15(8-7-9-23-13(2)28)19-20(27)25-22(24-14(3)29)26-21(19)30-4;1-6-16-17(31-12-33-5)10-18(32-16)27-11-15(8-7-9-23-13(2)28)19-20(27)25-22(24-14(3)29)26-21(19)30-4;1-5-15-16(30-11-33-32-4)9-17(31-15)26-10-14(7-6-8-22-12(2)27)18-19(26)24-21(23-13(3)28)25-20(18)29;1-3-11-12(24-9-27-26-2)7-13(25-11)22-8-10(5-4-6-18)14-15(22)20-17(19)21-16(14)23/h11,16-18H,6,9-10,12H2,1-5H3,(H,23,28)(H,24,25,26,29);11,16-18H,6,9-10,12H2,1-5H3,(H,23,28)(H,24,25,26,29);10,15-17H,5,8-9,11H2,1-4H3,(H,22,27)(H2,23,24,25,28,29);8,11-13H,3,6-7,9,18H2,1-2H3,(H3,19,20,21,23)/t2*16-,17-,18-;15-,16-,17-;11-,12-,13-/m1111/s1. The fourth-order valence-electron chi connectivity index (χ4n) is 14.1. The van der Waals surface area contributed by atoms with Crippen molar-refractivity contribution in [3.8, 4) is 59.1 Å². The van der Waals surface area contributed by atoms with Crippen LogP contribution in [0.3, 0.4) is 0 Å². The van der Waals surface area contributed by atoms with E-state index in [4.69, 9.17) is 58.8 Å². The lowest BCUT2D eigenvalue weighted by Crippen LogP contribution is -2.23. The summed E-state index contributed by atoms with van der Waals surface area (Å²) in [6.45, 7) is 17.4. The zero-order valence-electron chi connectivity index (χ0n) is 73.4. The van der Waals surface area contributed by atoms with E-state index in [9.17, 15) is 38.4 Å². The average molecular weight is 1890 g/mol. The van der Waals surface area contributed by atoms with E-state index in [1.807, 2.05) is 58.0 Å². The maximum absolute atomic E-state index is 12.9. The van der Waals surface area contributed by atoms with Gasteiger partial charge in [0.05, 0.1) is 139 Å². The van der Waals surface area contributed by atoms with Crippen LogP contribution in [0.4, 0.5) is 23.8 Å². The van der Waals surface area contributed by atoms with Crippen LogP contribution in [0.15, 0.2) is 34.4 Å². The van der Waals surface area contributed by atoms with Crippen LogP contribution in [0, 0.1) is 47.4 Å². The number of fused-ring (bicyclic) bond motifs is 4. The molecule has 0 spiro atoms. The van der Waals surface area contributed by atoms with E-state index in [-0.39, 0.29) is 170 Å². The maximum atomic E-state index is 12.9. The summed E-state index contributed by atoms with van der Waals surface area (Å²) in [7, 11) is 12.9. The Labute approximate surface area is 762 Å². The van der Waals surface area contributed by atoms with Crippen molar-refractivity contribution in [2.24, 2.45) is 5.73 Å². The molecule has 12 N–H and O–H groups in total. The van der Waals surface area contributed by atoms with Crippen molar-refractivity contribution in [1.82, 2.24) is 74.1 Å². The second kappa shape index (κ2) is 50.6. The van der Waals surface area contributed by atoms with Crippen LogP contribution in [0.2, 0.25) is 0 Å². The molecule has 4 fully saturated rings. The van der Waals surface area contributed by atoms with Gasteiger partial charge in [0.15, 0.2) is 22.6 Å². The predicted molar refractivity (Wildman–Crippen MR) is 500 cm³/mol. The van der Waals surface area contributed by atoms with E-state index in [1.165, 1.54) is 55.8 Å². The van der Waals surface area contributed by atoms with Crippen molar-refractivity contribution in [2.75, 3.05) is 111 Å². The van der Waals surface area contributed by atoms with E-state index >= 15 is 0 Å². The van der Waals surface area contributed by atoms with Gasteiger partial charge in [-0.2, -0.15) is 29.9 Å². The molecule has 12 atom stereocenters. The number of H-pyrrole nitrogens is 2. The predicted octanol–water partition coefficient (Wildman–Crippen LogP) is 9.12. The van der Waals surface area contributed by atoms with Gasteiger partial charge in [-0.25, -0.2) is 0 Å². The number of aromatic amines is 2. The first-order chi connectivity index (χ1) is 61.2. The van der Waals surface area contributed by atoms with Crippen LogP contribution in [0.1, 0.15) is 168 Å². The number of amides is 6. The van der Waals surface area contributed by atoms with Gasteiger partial charge in [-0.05, 0) is 50.7 Å². The van der Waals surface area contributed by atoms with Gasteiger partial charge in [-0.1, -0.05) is 140 Å². The fourth-order valence-corrected chi connectivity index (χ4v) is 16.8. The van der Waals surface area contributed by atoms with Crippen molar-refractivity contribution < 1.29 is 76.1 Å². The highest BCUT2D eigenvalue weighted by molar-refractivity contribution is 8.77. The molecule has 8 aromatic heterocycles. The molecular weight excluding hydrogens is 1780 g/mol. The highest BCUT2D eigenvalue weighted by Crippen LogP contribution is 2.43. The molecule has 0 unspecified atom stereocenters. The number of nitrogens with two attached hydrogens (primary N) is 2. The molecule has 127 heavy (non-hydrogen) atoms. The van der Waals surface area contributed by atoms with E-state index < -0.39 is 11.8 Å². The minimum atomic E-state index is -0.430. The molecule has 0 bridgehead atoms. The average Bonchev–Trinajstić information content (AvgIpc) is 1.63. The lowest BCUT2D eigenvalue weighted by molar-refractivity contribution is -0.119. The number of nitrogen functional groups attached to an aromatic ring is 1. The van der Waals surface area contributed by atoms with Crippen LogP contribution in [0.5, 0.6) is 11.8 Å².